The fourth-order valence-corrected chi connectivity index (χ4v) is 3.22. The number of anilines is 1. The van der Waals surface area contributed by atoms with Crippen molar-refractivity contribution in [1.82, 2.24) is 5.32 Å². The Morgan fingerprint density at radius 1 is 0.970 bits per heavy atom. The van der Waals surface area contributed by atoms with Crippen LogP contribution >= 0.6 is 11.6 Å². The van der Waals surface area contributed by atoms with Crippen molar-refractivity contribution in [3.8, 4) is 0 Å². The van der Waals surface area contributed by atoms with Crippen LogP contribution in [0.25, 0.3) is 0 Å². The molecule has 172 valence electrons. The number of hydrogen-bond donors (Lipinski definition) is 4. The second kappa shape index (κ2) is 11.0. The zero-order valence-corrected chi connectivity index (χ0v) is 18.0. The molecule has 6 nitrogen and oxygen atoms in total. The summed E-state index contributed by atoms with van der Waals surface area (Å²) >= 11 is 5.88. The van der Waals surface area contributed by atoms with Crippen molar-refractivity contribution < 1.29 is 18.0 Å². The molecule has 0 aliphatic rings. The van der Waals surface area contributed by atoms with Gasteiger partial charge in [0.05, 0.1) is 6.17 Å². The highest BCUT2D eigenvalue weighted by molar-refractivity contribution is 6.31. The van der Waals surface area contributed by atoms with E-state index in [1.807, 2.05) is 30.3 Å². The molecule has 10 heteroatoms. The van der Waals surface area contributed by atoms with Gasteiger partial charge in [-0.25, -0.2) is 13.2 Å². The van der Waals surface area contributed by atoms with Gasteiger partial charge < -0.3 is 22.1 Å². The van der Waals surface area contributed by atoms with E-state index in [0.717, 1.165) is 35.9 Å². The van der Waals surface area contributed by atoms with Crippen molar-refractivity contribution in [2.75, 3.05) is 5.32 Å². The molecule has 0 saturated carbocycles. The van der Waals surface area contributed by atoms with E-state index in [0.29, 0.717) is 0 Å². The van der Waals surface area contributed by atoms with Crippen LogP contribution in [0.2, 0.25) is 5.02 Å². The molecule has 33 heavy (non-hydrogen) atoms. The van der Waals surface area contributed by atoms with Crippen LogP contribution in [0, 0.1) is 17.5 Å². The number of halogens is 4. The average Bonchev–Trinajstić information content (AvgIpc) is 2.75. The van der Waals surface area contributed by atoms with Gasteiger partial charge in [-0.05, 0) is 48.4 Å². The first kappa shape index (κ1) is 24.2. The van der Waals surface area contributed by atoms with Gasteiger partial charge in [0.1, 0.15) is 5.82 Å². The number of aliphatic imine (C=N–C) groups is 1. The molecule has 0 heterocycles. The lowest BCUT2D eigenvalue weighted by atomic mass is 10.0. The highest BCUT2D eigenvalue weighted by atomic mass is 35.5. The van der Waals surface area contributed by atoms with Gasteiger partial charge in [0.2, 0.25) is 5.96 Å². The van der Waals surface area contributed by atoms with Crippen molar-refractivity contribution in [1.29, 1.82) is 0 Å². The number of nitrogens with two attached hydrogens (primary N) is 2. The molecule has 2 atom stereocenters. The molecular weight excluding hydrogens is 455 g/mol. The Balaban J connectivity index is 1.83. The smallest absolute Gasteiger partial charge is 0.280 e. The Bertz CT molecular complexity index is 1140. The summed E-state index contributed by atoms with van der Waals surface area (Å²) in [6.07, 6.45) is -0.512. The van der Waals surface area contributed by atoms with E-state index in [2.05, 4.69) is 15.6 Å². The van der Waals surface area contributed by atoms with Gasteiger partial charge in [0.25, 0.3) is 5.91 Å². The zero-order valence-electron chi connectivity index (χ0n) is 17.2. The first-order valence-corrected chi connectivity index (χ1v) is 10.2. The van der Waals surface area contributed by atoms with E-state index in [1.54, 1.807) is 0 Å². The van der Waals surface area contributed by atoms with Crippen LogP contribution in [0.1, 0.15) is 28.4 Å². The number of rotatable bonds is 6. The number of hydrogen-bond acceptors (Lipinski definition) is 3. The van der Waals surface area contributed by atoms with E-state index in [4.69, 9.17) is 23.1 Å². The van der Waals surface area contributed by atoms with E-state index in [1.165, 1.54) is 6.07 Å². The Morgan fingerprint density at radius 3 is 2.36 bits per heavy atom. The molecule has 0 aliphatic carbocycles. The summed E-state index contributed by atoms with van der Waals surface area (Å²) in [6, 6.07) is 15.1. The number of guanidine groups is 1. The van der Waals surface area contributed by atoms with Crippen molar-refractivity contribution in [2.24, 2.45) is 16.5 Å². The molecule has 0 saturated heterocycles. The third-order valence-electron chi connectivity index (χ3n) is 4.56. The van der Waals surface area contributed by atoms with Gasteiger partial charge in [-0.3, -0.25) is 4.79 Å². The summed E-state index contributed by atoms with van der Waals surface area (Å²) in [7, 11) is 0. The Kier molecular flexibility index (Phi) is 8.05. The van der Waals surface area contributed by atoms with Crippen molar-refractivity contribution >= 4 is 29.2 Å². The lowest BCUT2D eigenvalue weighted by molar-refractivity contribution is 0.100. The van der Waals surface area contributed by atoms with Crippen LogP contribution in [0.4, 0.5) is 18.9 Å². The highest BCUT2D eigenvalue weighted by Gasteiger charge is 2.16. The number of nitrogens with one attached hydrogen (secondary N) is 2. The molecule has 0 spiro atoms. The van der Waals surface area contributed by atoms with Crippen molar-refractivity contribution in [3.05, 3.63) is 100 Å². The van der Waals surface area contributed by atoms with Crippen LogP contribution in [0.5, 0.6) is 0 Å². The van der Waals surface area contributed by atoms with Gasteiger partial charge in [-0.2, -0.15) is 4.99 Å². The normalized spacial score (nSPS) is 13.3. The van der Waals surface area contributed by atoms with Crippen LogP contribution in [0.3, 0.4) is 0 Å². The number of amides is 1. The largest absolute Gasteiger partial charge is 0.341 e. The maximum atomic E-state index is 13.7. The van der Waals surface area contributed by atoms with E-state index in [9.17, 15) is 18.0 Å². The molecule has 3 aromatic rings. The third kappa shape index (κ3) is 7.04. The number of nitrogens with zero attached hydrogens (tertiary/aromatic N) is 1. The summed E-state index contributed by atoms with van der Waals surface area (Å²) in [6.45, 7) is 0. The van der Waals surface area contributed by atoms with E-state index < -0.39 is 35.6 Å². The molecule has 0 aromatic heterocycles. The van der Waals surface area contributed by atoms with Crippen LogP contribution in [-0.2, 0) is 0 Å². The number of benzene rings is 3. The first-order chi connectivity index (χ1) is 15.7. The van der Waals surface area contributed by atoms with Crippen molar-refractivity contribution in [3.63, 3.8) is 0 Å². The summed E-state index contributed by atoms with van der Waals surface area (Å²) in [5.41, 5.74) is 13.2. The fourth-order valence-electron chi connectivity index (χ4n) is 3.00. The van der Waals surface area contributed by atoms with Crippen LogP contribution < -0.4 is 22.1 Å². The topological polar surface area (TPSA) is 106 Å². The number of carbonyl (C=O) groups is 1. The summed E-state index contributed by atoms with van der Waals surface area (Å²) in [5, 5.41) is 5.66. The third-order valence-corrected chi connectivity index (χ3v) is 4.78. The molecular formula is C23H21ClF3N5O. The molecule has 0 fully saturated rings. The fraction of sp³-hybridized carbons (Fsp3) is 0.130. The molecule has 1 amide bonds. The molecule has 3 rings (SSSR count). The average molecular weight is 476 g/mol. The maximum Gasteiger partial charge on any atom is 0.280 e. The predicted octanol–water partition coefficient (Wildman–Crippen LogP) is 4.33. The lowest BCUT2D eigenvalue weighted by Gasteiger charge is -2.21. The monoisotopic (exact) mass is 475 g/mol. The van der Waals surface area contributed by atoms with Gasteiger partial charge in [-0.1, -0.05) is 41.9 Å². The minimum Gasteiger partial charge on any atom is -0.341 e. The SMILES string of the molecule is NC(CC(N)c1ccccc1)N/C(=N\C(=O)c1ccc(F)c(F)c1)Nc1cc(F)cc(Cl)c1. The second-order valence-electron chi connectivity index (χ2n) is 7.18. The van der Waals surface area contributed by atoms with Gasteiger partial charge in [-0.15, -0.1) is 0 Å². The Labute approximate surface area is 193 Å². The molecule has 0 aliphatic heterocycles. The Hall–Kier alpha value is -3.40. The maximum absolute atomic E-state index is 13.7. The predicted molar refractivity (Wildman–Crippen MR) is 122 cm³/mol. The number of carbonyl (C=O) groups excluding carboxylic acids is 1. The quantitative estimate of drug-likeness (QED) is 0.241. The summed E-state index contributed by atoms with van der Waals surface area (Å²) in [4.78, 5) is 16.4. The second-order valence-corrected chi connectivity index (χ2v) is 7.62. The summed E-state index contributed by atoms with van der Waals surface area (Å²) in [5.74, 6) is -3.95. The highest BCUT2D eigenvalue weighted by Crippen LogP contribution is 2.19. The molecule has 0 bridgehead atoms. The zero-order chi connectivity index (χ0) is 24.0. The van der Waals surface area contributed by atoms with E-state index >= 15 is 0 Å². The molecule has 3 aromatic carbocycles. The van der Waals surface area contributed by atoms with Crippen molar-refractivity contribution in [2.45, 2.75) is 18.6 Å². The standard InChI is InChI=1S/C23H21ClF3N5O/c24-15-9-16(25)11-17(10-15)30-23(32-22(33)14-6-7-18(26)19(27)8-14)31-21(29)12-20(28)13-4-2-1-3-5-13/h1-11,20-21H,12,28-29H2,(H2,30,31,32,33). The van der Waals surface area contributed by atoms with Crippen LogP contribution in [-0.4, -0.2) is 18.0 Å². The molecule has 0 radical (unpaired) electrons. The summed E-state index contributed by atoms with van der Waals surface area (Å²) < 4.78 is 40.5. The van der Waals surface area contributed by atoms with Gasteiger partial charge in [0.15, 0.2) is 11.6 Å². The van der Waals surface area contributed by atoms with Gasteiger partial charge in [0, 0.05) is 22.3 Å². The minimum absolute atomic E-state index is 0.110. The van der Waals surface area contributed by atoms with Crippen LogP contribution in [0.15, 0.2) is 71.7 Å². The minimum atomic E-state index is -1.19. The lowest BCUT2D eigenvalue weighted by Crippen LogP contribution is -2.46. The Morgan fingerprint density at radius 2 is 1.70 bits per heavy atom. The molecule has 6 N–H and O–H groups in total. The van der Waals surface area contributed by atoms with Gasteiger partial charge >= 0.3 is 0 Å². The van der Waals surface area contributed by atoms with E-state index in [-0.39, 0.29) is 28.7 Å². The molecule has 2 unspecified atom stereocenters. The first-order valence-electron chi connectivity index (χ1n) is 9.85.